The van der Waals surface area contributed by atoms with E-state index in [1.807, 2.05) is 29.3 Å². The van der Waals surface area contributed by atoms with Crippen molar-refractivity contribution >= 4 is 17.2 Å². The van der Waals surface area contributed by atoms with Gasteiger partial charge >= 0.3 is 0 Å². The van der Waals surface area contributed by atoms with Crippen LogP contribution >= 0.6 is 11.3 Å². The molecule has 1 spiro atoms. The van der Waals surface area contributed by atoms with Gasteiger partial charge in [0.2, 0.25) is 5.91 Å². The molecule has 27 heavy (non-hydrogen) atoms. The van der Waals surface area contributed by atoms with Crippen molar-refractivity contribution in [1.82, 2.24) is 14.9 Å². The van der Waals surface area contributed by atoms with Gasteiger partial charge in [-0.1, -0.05) is 0 Å². The number of aryl methyl sites for hydroxylation is 1. The molecule has 0 atom stereocenters. The van der Waals surface area contributed by atoms with Gasteiger partial charge in [-0.15, -0.1) is 11.3 Å². The molecule has 4 rings (SSSR count). The van der Waals surface area contributed by atoms with Gasteiger partial charge in [0, 0.05) is 37.0 Å². The summed E-state index contributed by atoms with van der Waals surface area (Å²) in [5.41, 5.74) is 1.74. The molecule has 2 aliphatic rings. The Morgan fingerprint density at radius 1 is 1.30 bits per heavy atom. The molecular formula is C19H23N3O4S. The van der Waals surface area contributed by atoms with E-state index in [0.29, 0.717) is 45.1 Å². The minimum absolute atomic E-state index is 0.100. The van der Waals surface area contributed by atoms with Crippen molar-refractivity contribution in [1.29, 1.82) is 0 Å². The lowest BCUT2D eigenvalue weighted by Gasteiger charge is -2.37. The van der Waals surface area contributed by atoms with Crippen LogP contribution in [0, 0.1) is 6.92 Å². The highest BCUT2D eigenvalue weighted by atomic mass is 32.1. The predicted octanol–water partition coefficient (Wildman–Crippen LogP) is 2.33. The van der Waals surface area contributed by atoms with Crippen molar-refractivity contribution in [2.24, 2.45) is 0 Å². The second kappa shape index (κ2) is 7.92. The molecule has 2 fully saturated rings. The maximum Gasteiger partial charge on any atom is 0.228 e. The number of piperidine rings is 1. The molecule has 4 heterocycles. The summed E-state index contributed by atoms with van der Waals surface area (Å²) in [4.78, 5) is 23.2. The number of hydrogen-bond acceptors (Lipinski definition) is 7. The van der Waals surface area contributed by atoms with Gasteiger partial charge in [-0.2, -0.15) is 0 Å². The van der Waals surface area contributed by atoms with E-state index in [9.17, 15) is 4.79 Å². The highest BCUT2D eigenvalue weighted by Gasteiger charge is 2.40. The Morgan fingerprint density at radius 3 is 2.78 bits per heavy atom. The number of amides is 1. The highest BCUT2D eigenvalue weighted by molar-refractivity contribution is 7.09. The summed E-state index contributed by atoms with van der Waals surface area (Å²) in [6.07, 6.45) is 3.49. The minimum atomic E-state index is -0.452. The molecule has 7 nitrogen and oxygen atoms in total. The first kappa shape index (κ1) is 18.3. The molecule has 2 aromatic rings. The highest BCUT2D eigenvalue weighted by Crippen LogP contribution is 2.31. The smallest absolute Gasteiger partial charge is 0.228 e. The van der Waals surface area contributed by atoms with E-state index >= 15 is 0 Å². The van der Waals surface area contributed by atoms with Gasteiger partial charge in [0.25, 0.3) is 0 Å². The standard InChI is InChI=1S/C19H23N3O4S/c1-14-2-3-16(11-20-14)24-12-17-21-15(13-27-17)10-18(23)22-6-4-19(5-7-22)25-8-9-26-19/h2-3,11,13H,4-10,12H2,1H3. The molecule has 0 bridgehead atoms. The number of hydrogen-bond donors (Lipinski definition) is 0. The predicted molar refractivity (Wildman–Crippen MR) is 99.6 cm³/mol. The topological polar surface area (TPSA) is 73.8 Å². The van der Waals surface area contributed by atoms with Crippen LogP contribution in [0.25, 0.3) is 0 Å². The number of carbonyl (C=O) groups excluding carboxylic acids is 1. The van der Waals surface area contributed by atoms with Gasteiger partial charge in [-0.3, -0.25) is 9.78 Å². The molecule has 2 aromatic heterocycles. The Labute approximate surface area is 162 Å². The van der Waals surface area contributed by atoms with E-state index < -0.39 is 5.79 Å². The van der Waals surface area contributed by atoms with Crippen molar-refractivity contribution in [3.8, 4) is 5.75 Å². The Bertz CT molecular complexity index is 777. The third kappa shape index (κ3) is 4.45. The molecular weight excluding hydrogens is 366 g/mol. The molecule has 0 aliphatic carbocycles. The van der Waals surface area contributed by atoms with Crippen LogP contribution in [0.15, 0.2) is 23.7 Å². The number of pyridine rings is 1. The summed E-state index contributed by atoms with van der Waals surface area (Å²) in [7, 11) is 0. The fraction of sp³-hybridized carbons (Fsp3) is 0.526. The zero-order chi connectivity index (χ0) is 18.7. The Kier molecular flexibility index (Phi) is 5.38. The van der Waals surface area contributed by atoms with E-state index in [4.69, 9.17) is 14.2 Å². The number of rotatable bonds is 5. The maximum absolute atomic E-state index is 12.6. The Morgan fingerprint density at radius 2 is 2.07 bits per heavy atom. The summed E-state index contributed by atoms with van der Waals surface area (Å²) >= 11 is 1.51. The SMILES string of the molecule is Cc1ccc(OCc2nc(CC(=O)N3CCC4(CC3)OCCO4)cs2)cn1. The Hall–Kier alpha value is -2.03. The van der Waals surface area contributed by atoms with E-state index in [1.165, 1.54) is 11.3 Å². The lowest BCUT2D eigenvalue weighted by atomic mass is 10.0. The van der Waals surface area contributed by atoms with Crippen LogP contribution in [0.2, 0.25) is 0 Å². The van der Waals surface area contributed by atoms with Gasteiger partial charge in [0.15, 0.2) is 5.79 Å². The van der Waals surface area contributed by atoms with Gasteiger partial charge in [0.1, 0.15) is 17.4 Å². The van der Waals surface area contributed by atoms with Crippen LogP contribution in [-0.4, -0.2) is 52.9 Å². The van der Waals surface area contributed by atoms with E-state index in [-0.39, 0.29) is 5.91 Å². The average Bonchev–Trinajstić information content (AvgIpc) is 3.32. The van der Waals surface area contributed by atoms with Gasteiger partial charge in [0.05, 0.1) is 31.5 Å². The van der Waals surface area contributed by atoms with Crippen LogP contribution in [0.5, 0.6) is 5.75 Å². The number of likely N-dealkylation sites (tertiary alicyclic amines) is 1. The Balaban J connectivity index is 1.26. The molecule has 0 saturated carbocycles. The normalized spacial score (nSPS) is 18.8. The summed E-state index contributed by atoms with van der Waals surface area (Å²) in [5.74, 6) is 0.364. The number of ether oxygens (including phenoxy) is 3. The molecule has 1 amide bonds. The second-order valence-electron chi connectivity index (χ2n) is 6.82. The van der Waals surface area contributed by atoms with Crippen LogP contribution in [0.3, 0.4) is 0 Å². The van der Waals surface area contributed by atoms with E-state index in [0.717, 1.165) is 29.2 Å². The monoisotopic (exact) mass is 389 g/mol. The molecule has 144 valence electrons. The second-order valence-corrected chi connectivity index (χ2v) is 7.76. The van der Waals surface area contributed by atoms with E-state index in [2.05, 4.69) is 9.97 Å². The molecule has 0 N–H and O–H groups in total. The third-order valence-electron chi connectivity index (χ3n) is 4.87. The van der Waals surface area contributed by atoms with Gasteiger partial charge < -0.3 is 19.1 Å². The summed E-state index contributed by atoms with van der Waals surface area (Å²) in [5, 5.41) is 2.78. The number of carbonyl (C=O) groups is 1. The third-order valence-corrected chi connectivity index (χ3v) is 5.74. The minimum Gasteiger partial charge on any atom is -0.485 e. The summed E-state index contributed by atoms with van der Waals surface area (Å²) in [6.45, 7) is 4.94. The first-order chi connectivity index (χ1) is 13.1. The first-order valence-corrected chi connectivity index (χ1v) is 10.0. The average molecular weight is 389 g/mol. The molecule has 2 aliphatic heterocycles. The zero-order valence-corrected chi connectivity index (χ0v) is 16.2. The van der Waals surface area contributed by atoms with Crippen LogP contribution in [0.4, 0.5) is 0 Å². The zero-order valence-electron chi connectivity index (χ0n) is 15.3. The van der Waals surface area contributed by atoms with Crippen LogP contribution < -0.4 is 4.74 Å². The van der Waals surface area contributed by atoms with E-state index in [1.54, 1.807) is 6.20 Å². The molecule has 0 radical (unpaired) electrons. The van der Waals surface area contributed by atoms with Crippen molar-refractivity contribution in [3.63, 3.8) is 0 Å². The number of thiazole rings is 1. The molecule has 8 heteroatoms. The summed E-state index contributed by atoms with van der Waals surface area (Å²) in [6, 6.07) is 3.80. The molecule has 0 unspecified atom stereocenters. The van der Waals surface area contributed by atoms with Gasteiger partial charge in [-0.05, 0) is 19.1 Å². The fourth-order valence-corrected chi connectivity index (χ4v) is 4.04. The summed E-state index contributed by atoms with van der Waals surface area (Å²) < 4.78 is 17.1. The van der Waals surface area contributed by atoms with Crippen molar-refractivity contribution < 1.29 is 19.0 Å². The van der Waals surface area contributed by atoms with Crippen LogP contribution in [-0.2, 0) is 27.3 Å². The quantitative estimate of drug-likeness (QED) is 0.781. The maximum atomic E-state index is 12.6. The number of nitrogens with zero attached hydrogens (tertiary/aromatic N) is 3. The number of aromatic nitrogens is 2. The molecule has 0 aromatic carbocycles. The van der Waals surface area contributed by atoms with Crippen LogP contribution in [0.1, 0.15) is 29.2 Å². The van der Waals surface area contributed by atoms with Crippen molar-refractivity contribution in [2.75, 3.05) is 26.3 Å². The largest absolute Gasteiger partial charge is 0.485 e. The molecule has 2 saturated heterocycles. The lowest BCUT2D eigenvalue weighted by molar-refractivity contribution is -0.187. The fourth-order valence-electron chi connectivity index (χ4n) is 3.33. The lowest BCUT2D eigenvalue weighted by Crippen LogP contribution is -2.47. The first-order valence-electron chi connectivity index (χ1n) is 9.16. The van der Waals surface area contributed by atoms with Crippen molar-refractivity contribution in [2.45, 2.75) is 38.6 Å². The van der Waals surface area contributed by atoms with Gasteiger partial charge in [-0.25, -0.2) is 4.98 Å². The van der Waals surface area contributed by atoms with Crippen molar-refractivity contribution in [3.05, 3.63) is 40.1 Å².